The molecule has 2 aromatic carbocycles. The second-order valence-electron chi connectivity index (χ2n) is 9.65. The van der Waals surface area contributed by atoms with Crippen molar-refractivity contribution in [1.82, 2.24) is 19.6 Å². The Morgan fingerprint density at radius 2 is 1.76 bits per heavy atom. The summed E-state index contributed by atoms with van der Waals surface area (Å²) in [6.45, 7) is 2.84. The third-order valence-electron chi connectivity index (χ3n) is 7.02. The van der Waals surface area contributed by atoms with Crippen LogP contribution in [0.3, 0.4) is 0 Å². The van der Waals surface area contributed by atoms with Crippen molar-refractivity contribution in [2.24, 2.45) is 5.73 Å². The maximum atomic E-state index is 13.2. The molecule has 1 atom stereocenters. The Kier molecular flexibility index (Phi) is 6.96. The number of likely N-dealkylation sites (tertiary alicyclic amines) is 1. The Bertz CT molecular complexity index is 1320. The number of carbonyl (C=O) groups is 2. The van der Waals surface area contributed by atoms with E-state index < -0.39 is 5.91 Å². The number of nitrogens with zero attached hydrogens (tertiary/aromatic N) is 4. The molecule has 192 valence electrons. The Morgan fingerprint density at radius 3 is 2.43 bits per heavy atom. The molecule has 37 heavy (non-hydrogen) atoms. The average Bonchev–Trinajstić information content (AvgIpc) is 3.27. The van der Waals surface area contributed by atoms with Gasteiger partial charge in [0.25, 0.3) is 5.91 Å². The van der Waals surface area contributed by atoms with Gasteiger partial charge in [-0.3, -0.25) is 9.59 Å². The van der Waals surface area contributed by atoms with Crippen LogP contribution in [-0.4, -0.2) is 64.6 Å². The molecule has 0 radical (unpaired) electrons. The van der Waals surface area contributed by atoms with Crippen molar-refractivity contribution in [3.05, 3.63) is 71.8 Å². The Hall–Kier alpha value is -4.11. The van der Waals surface area contributed by atoms with E-state index >= 15 is 0 Å². The van der Waals surface area contributed by atoms with E-state index in [1.807, 2.05) is 72.6 Å². The zero-order valence-corrected chi connectivity index (χ0v) is 21.0. The lowest BCUT2D eigenvalue weighted by molar-refractivity contribution is -0.129. The Balaban J connectivity index is 1.38. The number of para-hydroxylation sites is 1. The predicted octanol–water partition coefficient (Wildman–Crippen LogP) is 3.45. The number of hydrogen-bond donors (Lipinski definition) is 2. The van der Waals surface area contributed by atoms with Gasteiger partial charge in [-0.15, -0.1) is 0 Å². The van der Waals surface area contributed by atoms with Crippen LogP contribution in [-0.2, 0) is 4.79 Å². The van der Waals surface area contributed by atoms with Crippen LogP contribution in [0.15, 0.2) is 66.2 Å². The van der Waals surface area contributed by atoms with Gasteiger partial charge >= 0.3 is 0 Å². The summed E-state index contributed by atoms with van der Waals surface area (Å²) in [7, 11) is 2.05. The first-order chi connectivity index (χ1) is 17.9. The highest BCUT2D eigenvalue weighted by Crippen LogP contribution is 2.33. The first-order valence-electron chi connectivity index (χ1n) is 12.6. The van der Waals surface area contributed by atoms with Gasteiger partial charge in [0.05, 0.1) is 6.04 Å². The summed E-state index contributed by atoms with van der Waals surface area (Å²) in [6, 6.07) is 16.7. The van der Waals surface area contributed by atoms with E-state index in [4.69, 9.17) is 21.3 Å². The second kappa shape index (κ2) is 10.5. The predicted molar refractivity (Wildman–Crippen MR) is 142 cm³/mol. The van der Waals surface area contributed by atoms with Gasteiger partial charge in [-0.25, -0.2) is 4.68 Å². The van der Waals surface area contributed by atoms with Crippen LogP contribution in [0.25, 0.3) is 11.3 Å². The molecule has 5 rings (SSSR count). The number of likely N-dealkylation sites (N-methyl/N-ethyl adjacent to an activating group) is 1. The number of primary amides is 1. The molecule has 0 aliphatic carbocycles. The van der Waals surface area contributed by atoms with Gasteiger partial charge in [-0.2, -0.15) is 5.10 Å². The molecule has 1 unspecified atom stereocenters. The zero-order valence-electron chi connectivity index (χ0n) is 21.0. The van der Waals surface area contributed by atoms with Crippen LogP contribution >= 0.6 is 0 Å². The summed E-state index contributed by atoms with van der Waals surface area (Å²) in [4.78, 5) is 29.7. The summed E-state index contributed by atoms with van der Waals surface area (Å²) >= 11 is 0. The van der Waals surface area contributed by atoms with Gasteiger partial charge in [0, 0.05) is 37.3 Å². The van der Waals surface area contributed by atoms with E-state index in [9.17, 15) is 9.59 Å². The van der Waals surface area contributed by atoms with Crippen molar-refractivity contribution in [3.8, 4) is 22.8 Å². The lowest BCUT2D eigenvalue weighted by Gasteiger charge is -2.34. The van der Waals surface area contributed by atoms with E-state index in [0.29, 0.717) is 30.1 Å². The Labute approximate surface area is 216 Å². The van der Waals surface area contributed by atoms with E-state index in [1.54, 1.807) is 4.68 Å². The fourth-order valence-corrected chi connectivity index (χ4v) is 4.98. The van der Waals surface area contributed by atoms with Crippen LogP contribution in [0.4, 0.5) is 5.82 Å². The molecule has 0 bridgehead atoms. The van der Waals surface area contributed by atoms with Gasteiger partial charge in [-0.05, 0) is 62.7 Å². The smallest absolute Gasteiger partial charge is 0.254 e. The topological polar surface area (TPSA) is 120 Å². The highest BCUT2D eigenvalue weighted by Gasteiger charge is 2.31. The number of carbonyl (C=O) groups excluding carboxylic acids is 2. The van der Waals surface area contributed by atoms with Crippen molar-refractivity contribution in [3.63, 3.8) is 0 Å². The fourth-order valence-electron chi connectivity index (χ4n) is 4.98. The average molecular weight is 501 g/mol. The highest BCUT2D eigenvalue weighted by atomic mass is 16.5. The van der Waals surface area contributed by atoms with Crippen molar-refractivity contribution in [1.29, 1.82) is 0 Å². The molecule has 4 N–H and O–H groups in total. The van der Waals surface area contributed by atoms with E-state index in [-0.39, 0.29) is 23.3 Å². The monoisotopic (exact) mass is 500 g/mol. The molecule has 0 spiro atoms. The molecule has 1 aromatic heterocycles. The molecule has 2 aliphatic heterocycles. The second-order valence-corrected chi connectivity index (χ2v) is 9.65. The van der Waals surface area contributed by atoms with Gasteiger partial charge in [-0.1, -0.05) is 24.3 Å². The van der Waals surface area contributed by atoms with E-state index in [1.165, 1.54) is 0 Å². The molecule has 3 aromatic rings. The third kappa shape index (κ3) is 5.22. The van der Waals surface area contributed by atoms with Crippen molar-refractivity contribution >= 4 is 17.6 Å². The Morgan fingerprint density at radius 1 is 1.03 bits per heavy atom. The molecule has 9 nitrogen and oxygen atoms in total. The van der Waals surface area contributed by atoms with Gasteiger partial charge in [0.15, 0.2) is 0 Å². The van der Waals surface area contributed by atoms with E-state index in [2.05, 4.69) is 4.90 Å². The van der Waals surface area contributed by atoms with Crippen LogP contribution in [0.1, 0.15) is 35.7 Å². The molecule has 9 heteroatoms. The molecular formula is C28H32N6O3. The summed E-state index contributed by atoms with van der Waals surface area (Å²) in [6.07, 6.45) is 4.40. The summed E-state index contributed by atoms with van der Waals surface area (Å²) in [5.74, 6) is 1.06. The van der Waals surface area contributed by atoms with Crippen molar-refractivity contribution < 1.29 is 14.3 Å². The van der Waals surface area contributed by atoms with Crippen molar-refractivity contribution in [2.75, 3.05) is 39.0 Å². The minimum absolute atomic E-state index is 0.0767. The molecule has 1 saturated heterocycles. The summed E-state index contributed by atoms with van der Waals surface area (Å²) in [5.41, 5.74) is 14.4. The quantitative estimate of drug-likeness (QED) is 0.535. The van der Waals surface area contributed by atoms with Gasteiger partial charge in [0.1, 0.15) is 28.6 Å². The number of anilines is 1. The maximum absolute atomic E-state index is 13.2. The highest BCUT2D eigenvalue weighted by molar-refractivity contribution is 6.03. The molecule has 3 heterocycles. The minimum atomic E-state index is -0.636. The SMILES string of the molecule is CN1CC=C(C(=O)N2CCCC(n3nc(-c4ccc(Oc5ccccc5)cc4)c(C(N)=O)c3N)C2)CC1. The lowest BCUT2D eigenvalue weighted by Crippen LogP contribution is -2.43. The normalized spacial score (nSPS) is 18.4. The molecule has 0 saturated carbocycles. The molecule has 1 fully saturated rings. The van der Waals surface area contributed by atoms with Gasteiger partial charge in [0.2, 0.25) is 5.91 Å². The van der Waals surface area contributed by atoms with Gasteiger partial charge < -0.3 is 26.0 Å². The van der Waals surface area contributed by atoms with E-state index in [0.717, 1.165) is 43.7 Å². The van der Waals surface area contributed by atoms with Crippen LogP contribution in [0.2, 0.25) is 0 Å². The number of rotatable bonds is 6. The number of hydrogen-bond acceptors (Lipinski definition) is 6. The number of benzene rings is 2. The van der Waals surface area contributed by atoms with Crippen LogP contribution in [0, 0.1) is 0 Å². The molecule has 2 amide bonds. The number of aromatic nitrogens is 2. The molecular weight excluding hydrogens is 468 g/mol. The lowest BCUT2D eigenvalue weighted by atomic mass is 10.0. The number of amides is 2. The first-order valence-corrected chi connectivity index (χ1v) is 12.6. The summed E-state index contributed by atoms with van der Waals surface area (Å²) < 4.78 is 7.55. The largest absolute Gasteiger partial charge is 0.457 e. The summed E-state index contributed by atoms with van der Waals surface area (Å²) in [5, 5.41) is 4.75. The van der Waals surface area contributed by atoms with Crippen LogP contribution < -0.4 is 16.2 Å². The maximum Gasteiger partial charge on any atom is 0.254 e. The number of nitrogens with two attached hydrogens (primary N) is 2. The molecule has 2 aliphatic rings. The number of nitrogen functional groups attached to an aromatic ring is 1. The minimum Gasteiger partial charge on any atom is -0.457 e. The zero-order chi connectivity index (χ0) is 25.9. The third-order valence-corrected chi connectivity index (χ3v) is 7.02. The number of piperidine rings is 1. The standard InChI is InChI=1S/C28H32N6O3/c1-32-16-13-20(14-17-32)28(36)33-15-5-6-21(18-33)34-26(29)24(27(30)35)25(31-34)19-9-11-23(12-10-19)37-22-7-3-2-4-8-22/h2-4,7-13,21H,5-6,14-18,29H2,1H3,(H2,30,35). The van der Waals surface area contributed by atoms with Crippen LogP contribution in [0.5, 0.6) is 11.5 Å². The van der Waals surface area contributed by atoms with Crippen molar-refractivity contribution in [2.45, 2.75) is 25.3 Å². The fraction of sp³-hybridized carbons (Fsp3) is 0.321. The number of ether oxygens (including phenoxy) is 1. The first kappa shape index (κ1) is 24.6.